The molecule has 158 valence electrons. The molecule has 1 amide bonds. The molecular formula is C22H24BN5O3. The van der Waals surface area contributed by atoms with Gasteiger partial charge in [0.05, 0.1) is 0 Å². The lowest BCUT2D eigenvalue weighted by Crippen LogP contribution is -2.30. The summed E-state index contributed by atoms with van der Waals surface area (Å²) in [5, 5.41) is 22.0. The highest BCUT2D eigenvalue weighted by atomic mass is 16.4. The Labute approximate surface area is 180 Å². The van der Waals surface area contributed by atoms with Crippen LogP contribution in [-0.2, 0) is 13.0 Å². The van der Waals surface area contributed by atoms with Gasteiger partial charge in [0.1, 0.15) is 5.82 Å². The van der Waals surface area contributed by atoms with Crippen LogP contribution in [0.1, 0.15) is 34.1 Å². The highest BCUT2D eigenvalue weighted by molar-refractivity contribution is 6.58. The lowest BCUT2D eigenvalue weighted by atomic mass is 9.80. The molecule has 0 saturated heterocycles. The number of hydrogen-bond acceptors (Lipinski definition) is 7. The molecule has 5 N–H and O–H groups in total. The molecule has 1 unspecified atom stereocenters. The number of carbonyl (C=O) groups is 1. The Morgan fingerprint density at radius 2 is 2.00 bits per heavy atom. The molecule has 8 nitrogen and oxygen atoms in total. The number of aryl methyl sites for hydroxylation is 1. The number of primary amides is 1. The van der Waals surface area contributed by atoms with E-state index in [1.165, 1.54) is 0 Å². The van der Waals surface area contributed by atoms with E-state index in [4.69, 9.17) is 10.7 Å². The van der Waals surface area contributed by atoms with Crippen LogP contribution in [0.25, 0.3) is 0 Å². The molecule has 3 aromatic rings. The zero-order valence-corrected chi connectivity index (χ0v) is 17.4. The van der Waals surface area contributed by atoms with Crippen molar-refractivity contribution < 1.29 is 14.8 Å². The maximum Gasteiger partial charge on any atom is 0.488 e. The minimum absolute atomic E-state index is 0.0767. The molecule has 0 spiro atoms. The molecule has 31 heavy (non-hydrogen) atoms. The van der Waals surface area contributed by atoms with E-state index in [0.717, 1.165) is 22.5 Å². The largest absolute Gasteiger partial charge is 0.488 e. The number of nitrogens with two attached hydrogens (primary N) is 1. The predicted octanol–water partition coefficient (Wildman–Crippen LogP) is 1.26. The highest BCUT2D eigenvalue weighted by Crippen LogP contribution is 2.38. The molecule has 2 aromatic carbocycles. The lowest BCUT2D eigenvalue weighted by Gasteiger charge is -2.23. The van der Waals surface area contributed by atoms with Crippen molar-refractivity contribution in [2.24, 2.45) is 5.73 Å². The summed E-state index contributed by atoms with van der Waals surface area (Å²) in [4.78, 5) is 23.2. The average Bonchev–Trinajstić information content (AvgIpc) is 3.07. The minimum atomic E-state index is -1.50. The maximum absolute atomic E-state index is 11.8. The summed E-state index contributed by atoms with van der Waals surface area (Å²) >= 11 is 0. The number of hydrogen-bond donors (Lipinski definition) is 4. The van der Waals surface area contributed by atoms with Crippen molar-refractivity contribution in [1.82, 2.24) is 9.97 Å². The quantitative estimate of drug-likeness (QED) is 0.445. The molecule has 0 fully saturated rings. The smallest absolute Gasteiger partial charge is 0.423 e. The first kappa shape index (κ1) is 20.8. The van der Waals surface area contributed by atoms with Gasteiger partial charge in [-0.1, -0.05) is 30.3 Å². The van der Waals surface area contributed by atoms with E-state index in [1.807, 2.05) is 36.1 Å². The van der Waals surface area contributed by atoms with Crippen LogP contribution >= 0.6 is 0 Å². The normalized spacial score (nSPS) is 15.0. The van der Waals surface area contributed by atoms with Crippen LogP contribution in [0.15, 0.2) is 48.5 Å². The van der Waals surface area contributed by atoms with Gasteiger partial charge in [0, 0.05) is 35.6 Å². The van der Waals surface area contributed by atoms with Crippen molar-refractivity contribution in [2.45, 2.75) is 32.9 Å². The first-order valence-electron chi connectivity index (χ1n) is 10.1. The summed E-state index contributed by atoms with van der Waals surface area (Å²) in [5.74, 6) is 0.771. The second kappa shape index (κ2) is 8.37. The first-order chi connectivity index (χ1) is 14.8. The van der Waals surface area contributed by atoms with Crippen molar-refractivity contribution >= 4 is 35.9 Å². The Kier molecular flexibility index (Phi) is 5.62. The van der Waals surface area contributed by atoms with Gasteiger partial charge in [-0.2, -0.15) is 4.98 Å². The summed E-state index contributed by atoms with van der Waals surface area (Å²) in [7, 11) is -1.50. The molecule has 1 aliphatic rings. The van der Waals surface area contributed by atoms with Crippen molar-refractivity contribution in [3.63, 3.8) is 0 Å². The molecule has 9 heteroatoms. The topological polar surface area (TPSA) is 125 Å². The highest BCUT2D eigenvalue weighted by Gasteiger charge is 2.32. The summed E-state index contributed by atoms with van der Waals surface area (Å²) in [6.07, 6.45) is 0.685. The van der Waals surface area contributed by atoms with E-state index >= 15 is 0 Å². The summed E-state index contributed by atoms with van der Waals surface area (Å²) < 4.78 is 0. The van der Waals surface area contributed by atoms with Gasteiger partial charge in [0.2, 0.25) is 11.9 Å². The van der Waals surface area contributed by atoms with Crippen LogP contribution in [-0.4, -0.2) is 39.1 Å². The average molecular weight is 417 g/mol. The number of amides is 1. The van der Waals surface area contributed by atoms with E-state index in [2.05, 4.69) is 17.2 Å². The molecule has 0 saturated carbocycles. The molecule has 0 radical (unpaired) electrons. The lowest BCUT2D eigenvalue weighted by molar-refractivity contribution is 0.0999. The van der Waals surface area contributed by atoms with Crippen LogP contribution in [0.4, 0.5) is 17.5 Å². The van der Waals surface area contributed by atoms with Crippen LogP contribution in [0.2, 0.25) is 0 Å². The van der Waals surface area contributed by atoms with E-state index < -0.39 is 13.0 Å². The summed E-state index contributed by atoms with van der Waals surface area (Å²) in [6.45, 7) is 4.43. The molecule has 1 aromatic heterocycles. The van der Waals surface area contributed by atoms with E-state index in [9.17, 15) is 14.8 Å². The Morgan fingerprint density at radius 3 is 2.74 bits per heavy atom. The molecule has 4 rings (SSSR count). The predicted molar refractivity (Wildman–Crippen MR) is 121 cm³/mol. The van der Waals surface area contributed by atoms with Crippen LogP contribution in [0, 0.1) is 6.92 Å². The fraction of sp³-hybridized carbons (Fsp3) is 0.227. The van der Waals surface area contributed by atoms with Gasteiger partial charge in [0.15, 0.2) is 0 Å². The monoisotopic (exact) mass is 417 g/mol. The SMILES string of the molecule is Cc1cc(NCc2cccc(B(O)O)c2)nc(N2c3cccc(C(N)=O)c3CC2C)n1. The van der Waals surface area contributed by atoms with Gasteiger partial charge in [-0.05, 0) is 49.0 Å². The fourth-order valence-electron chi connectivity index (χ4n) is 3.98. The van der Waals surface area contributed by atoms with E-state index in [0.29, 0.717) is 35.8 Å². The van der Waals surface area contributed by atoms with Crippen molar-refractivity contribution in [3.8, 4) is 0 Å². The Balaban J connectivity index is 1.62. The van der Waals surface area contributed by atoms with Gasteiger partial charge in [-0.25, -0.2) is 4.98 Å². The number of benzene rings is 2. The third-order valence-corrected chi connectivity index (χ3v) is 5.40. The number of nitrogens with one attached hydrogen (secondary N) is 1. The second-order valence-electron chi connectivity index (χ2n) is 7.76. The number of anilines is 3. The van der Waals surface area contributed by atoms with E-state index in [-0.39, 0.29) is 6.04 Å². The Bertz CT molecular complexity index is 1140. The number of aromatic nitrogens is 2. The fourth-order valence-corrected chi connectivity index (χ4v) is 3.98. The van der Waals surface area contributed by atoms with Crippen LogP contribution in [0.3, 0.4) is 0 Å². The van der Waals surface area contributed by atoms with Crippen molar-refractivity contribution in [1.29, 1.82) is 0 Å². The zero-order valence-electron chi connectivity index (χ0n) is 17.4. The Morgan fingerprint density at radius 1 is 1.23 bits per heavy atom. The third-order valence-electron chi connectivity index (χ3n) is 5.40. The molecule has 0 aliphatic carbocycles. The molecule has 0 bridgehead atoms. The molecule has 1 atom stereocenters. The Hall–Kier alpha value is -3.43. The summed E-state index contributed by atoms with van der Waals surface area (Å²) in [6, 6.07) is 14.5. The third kappa shape index (κ3) is 4.23. The number of fused-ring (bicyclic) bond motifs is 1. The van der Waals surface area contributed by atoms with Gasteiger partial charge in [0.25, 0.3) is 0 Å². The maximum atomic E-state index is 11.8. The van der Waals surface area contributed by atoms with Gasteiger partial charge < -0.3 is 26.0 Å². The summed E-state index contributed by atoms with van der Waals surface area (Å²) in [5.41, 5.74) is 10.0. The molecular weight excluding hydrogens is 393 g/mol. The number of carbonyl (C=O) groups excluding carboxylic acids is 1. The second-order valence-corrected chi connectivity index (χ2v) is 7.76. The van der Waals surface area contributed by atoms with Gasteiger partial charge in [-0.15, -0.1) is 0 Å². The van der Waals surface area contributed by atoms with E-state index in [1.54, 1.807) is 24.3 Å². The number of rotatable bonds is 6. The molecule has 2 heterocycles. The minimum Gasteiger partial charge on any atom is -0.423 e. The standard InChI is InChI=1S/C22H24BN5O3/c1-13-9-20(25-12-15-5-3-6-16(11-15)23(30)31)27-22(26-13)28-14(2)10-18-17(21(24)29)7-4-8-19(18)28/h3-9,11,14,30-31H,10,12H2,1-2H3,(H2,24,29)(H,25,26,27). The number of nitrogens with zero attached hydrogens (tertiary/aromatic N) is 3. The van der Waals surface area contributed by atoms with Crippen LogP contribution < -0.4 is 21.4 Å². The first-order valence-corrected chi connectivity index (χ1v) is 10.1. The van der Waals surface area contributed by atoms with Gasteiger partial charge in [-0.3, -0.25) is 4.79 Å². The van der Waals surface area contributed by atoms with Crippen LogP contribution in [0.5, 0.6) is 0 Å². The molecule has 1 aliphatic heterocycles. The van der Waals surface area contributed by atoms with Crippen molar-refractivity contribution in [3.05, 3.63) is 70.9 Å². The zero-order chi connectivity index (χ0) is 22.1. The van der Waals surface area contributed by atoms with Gasteiger partial charge >= 0.3 is 7.12 Å². The van der Waals surface area contributed by atoms with Crippen molar-refractivity contribution in [2.75, 3.05) is 10.2 Å².